The molecule has 16 aromatic carbocycles. The lowest BCUT2D eigenvalue weighted by molar-refractivity contribution is 0.666. The molecular weight excluding hydrogens is 1240 g/mol. The van der Waals surface area contributed by atoms with E-state index < -0.39 is 0 Å². The van der Waals surface area contributed by atoms with Crippen LogP contribution in [-0.2, 0) is 0 Å². The monoisotopic (exact) mass is 1300 g/mol. The summed E-state index contributed by atoms with van der Waals surface area (Å²) in [6.45, 7) is 0. The molecule has 0 fully saturated rings. The standard InChI is InChI=1S/C96H58N4O2/c1-2-20-59(21-3-1)60-42-44-62(45-43-60)66-24-17-26-68(53-66)97-82-35-10-4-28-71(82)78-57-90-80(55-88(78)97)73-30-6-12-37-84(73)99(90)86-51-50-70(96-94(86)77-33-9-15-41-93(77)102-96)63-48-46-61(47-49-63)64-22-16-23-65(52-64)67-25-18-27-69(54-67)98-83-36-11-5-29-72(83)79-58-91-81(56-89(79)98)74-31-7-13-38-85(74)100(91)87-39-19-34-76-75-32-8-14-40-92(75)101-95(76)87/h1-58H. The van der Waals surface area contributed by atoms with E-state index in [4.69, 9.17) is 8.83 Å². The molecule has 0 spiro atoms. The number of para-hydroxylation sites is 7. The van der Waals surface area contributed by atoms with Crippen molar-refractivity contribution in [2.24, 2.45) is 0 Å². The van der Waals surface area contributed by atoms with Crippen LogP contribution in [-0.4, -0.2) is 18.3 Å². The van der Waals surface area contributed by atoms with Gasteiger partial charge in [0.25, 0.3) is 0 Å². The van der Waals surface area contributed by atoms with E-state index in [-0.39, 0.29) is 0 Å². The number of hydrogen-bond donors (Lipinski definition) is 0. The van der Waals surface area contributed by atoms with Crippen LogP contribution in [0.4, 0.5) is 0 Å². The number of nitrogens with zero attached hydrogens (tertiary/aromatic N) is 4. The average molecular weight is 1300 g/mol. The van der Waals surface area contributed by atoms with E-state index >= 15 is 0 Å². The fourth-order valence-electron chi connectivity index (χ4n) is 16.9. The smallest absolute Gasteiger partial charge is 0.159 e. The summed E-state index contributed by atoms with van der Waals surface area (Å²) >= 11 is 0. The maximum absolute atomic E-state index is 7.06. The Morgan fingerprint density at radius 1 is 0.176 bits per heavy atom. The number of rotatable bonds is 9. The van der Waals surface area contributed by atoms with Crippen molar-refractivity contribution in [2.75, 3.05) is 0 Å². The SMILES string of the molecule is c1ccc(-c2ccc(-c3cccc(-n4c5ccccc5c5cc6c(cc54)c4ccccc4n6-c4ccc(-c5ccc(-c6cccc(-c7cccc(-n8c9ccccc9c9cc%10c(cc98)c8ccccc8n%10-c8cccc9c8oc8ccccc89)c7)c6)cc5)c5oc6ccccc6c45)c3)cc2)cc1. The first-order chi connectivity index (χ1) is 50.6. The highest BCUT2D eigenvalue weighted by Gasteiger charge is 2.25. The largest absolute Gasteiger partial charge is 0.455 e. The third-order valence-corrected chi connectivity index (χ3v) is 21.6. The second kappa shape index (κ2) is 21.9. The molecule has 0 aliphatic rings. The minimum Gasteiger partial charge on any atom is -0.455 e. The first kappa shape index (κ1) is 56.3. The minimum atomic E-state index is 0.854. The summed E-state index contributed by atoms with van der Waals surface area (Å²) in [4.78, 5) is 0. The van der Waals surface area contributed by atoms with Gasteiger partial charge in [-0.25, -0.2) is 0 Å². The van der Waals surface area contributed by atoms with Crippen molar-refractivity contribution < 1.29 is 8.83 Å². The normalized spacial score (nSPS) is 12.1. The van der Waals surface area contributed by atoms with E-state index in [1.54, 1.807) is 0 Å². The highest BCUT2D eigenvalue weighted by Crippen LogP contribution is 2.47. The van der Waals surface area contributed by atoms with Gasteiger partial charge in [0.05, 0.1) is 60.9 Å². The number of aromatic nitrogens is 4. The van der Waals surface area contributed by atoms with Gasteiger partial charge in [0.15, 0.2) is 5.58 Å². The van der Waals surface area contributed by atoms with Gasteiger partial charge in [0.1, 0.15) is 16.7 Å². The van der Waals surface area contributed by atoms with Crippen molar-refractivity contribution in [1.29, 1.82) is 0 Å². The molecule has 0 saturated carbocycles. The zero-order valence-electron chi connectivity index (χ0n) is 55.1. The maximum Gasteiger partial charge on any atom is 0.159 e. The Balaban J connectivity index is 0.622. The Hall–Kier alpha value is -13.7. The van der Waals surface area contributed by atoms with Gasteiger partial charge in [0, 0.05) is 76.2 Å². The molecule has 0 radical (unpaired) electrons. The van der Waals surface area contributed by atoms with Gasteiger partial charge in [-0.05, 0) is 159 Å². The second-order valence-corrected chi connectivity index (χ2v) is 27.1. The molecule has 0 saturated heterocycles. The summed E-state index contributed by atoms with van der Waals surface area (Å²) in [5, 5.41) is 13.9. The van der Waals surface area contributed by atoms with Crippen LogP contribution in [0.15, 0.2) is 361 Å². The zero-order valence-corrected chi connectivity index (χ0v) is 55.1. The van der Waals surface area contributed by atoms with Gasteiger partial charge in [-0.2, -0.15) is 0 Å². The predicted octanol–water partition coefficient (Wildman–Crippen LogP) is 26.2. The lowest BCUT2D eigenvalue weighted by atomic mass is 9.96. The average Bonchev–Trinajstić information content (AvgIpc) is 1.55. The Morgan fingerprint density at radius 3 is 1.08 bits per heavy atom. The van der Waals surface area contributed by atoms with Gasteiger partial charge in [-0.1, -0.05) is 243 Å². The molecular formula is C96H58N4O2. The third kappa shape index (κ3) is 8.41. The van der Waals surface area contributed by atoms with Crippen molar-refractivity contribution in [3.05, 3.63) is 352 Å². The summed E-state index contributed by atoms with van der Waals surface area (Å²) in [7, 11) is 0. The molecule has 6 heterocycles. The van der Waals surface area contributed by atoms with Crippen molar-refractivity contribution >= 4 is 131 Å². The van der Waals surface area contributed by atoms with Crippen LogP contribution in [0.1, 0.15) is 0 Å². The zero-order chi connectivity index (χ0) is 66.7. The molecule has 0 aliphatic heterocycles. The number of furan rings is 2. The molecule has 0 N–H and O–H groups in total. The number of fused-ring (bicyclic) bond motifs is 18. The summed E-state index contributed by atoms with van der Waals surface area (Å²) < 4.78 is 23.5. The predicted molar refractivity (Wildman–Crippen MR) is 426 cm³/mol. The fourth-order valence-corrected chi connectivity index (χ4v) is 16.9. The van der Waals surface area contributed by atoms with Crippen LogP contribution in [0.2, 0.25) is 0 Å². The molecule has 0 amide bonds. The molecule has 474 valence electrons. The third-order valence-electron chi connectivity index (χ3n) is 21.6. The molecule has 0 unspecified atom stereocenters. The second-order valence-electron chi connectivity index (χ2n) is 27.1. The molecule has 0 aliphatic carbocycles. The van der Waals surface area contributed by atoms with Crippen LogP contribution in [0.25, 0.3) is 209 Å². The quantitative estimate of drug-likeness (QED) is 0.145. The first-order valence-corrected chi connectivity index (χ1v) is 34.9. The minimum absolute atomic E-state index is 0.854. The van der Waals surface area contributed by atoms with Crippen molar-refractivity contribution in [2.45, 2.75) is 0 Å². The summed E-state index contributed by atoms with van der Waals surface area (Å²) in [5.74, 6) is 0. The molecule has 0 atom stereocenters. The van der Waals surface area contributed by atoms with Crippen molar-refractivity contribution in [3.8, 4) is 78.4 Å². The van der Waals surface area contributed by atoms with Crippen LogP contribution in [0.3, 0.4) is 0 Å². The van der Waals surface area contributed by atoms with Gasteiger partial charge in [0.2, 0.25) is 0 Å². The van der Waals surface area contributed by atoms with Gasteiger partial charge in [-0.3, -0.25) is 0 Å². The van der Waals surface area contributed by atoms with E-state index in [9.17, 15) is 0 Å². The molecule has 22 aromatic rings. The van der Waals surface area contributed by atoms with Crippen LogP contribution in [0.5, 0.6) is 0 Å². The highest BCUT2D eigenvalue weighted by molar-refractivity contribution is 6.23. The van der Waals surface area contributed by atoms with E-state index in [1.165, 1.54) is 70.9 Å². The van der Waals surface area contributed by atoms with Crippen LogP contribution >= 0.6 is 0 Å². The molecule has 6 nitrogen and oxygen atoms in total. The van der Waals surface area contributed by atoms with E-state index in [2.05, 4.69) is 364 Å². The van der Waals surface area contributed by atoms with E-state index in [1.807, 2.05) is 6.07 Å². The highest BCUT2D eigenvalue weighted by atomic mass is 16.3. The molecule has 0 bridgehead atoms. The molecule has 102 heavy (non-hydrogen) atoms. The van der Waals surface area contributed by atoms with E-state index in [0.29, 0.717) is 0 Å². The van der Waals surface area contributed by atoms with E-state index in [0.717, 1.165) is 139 Å². The lowest BCUT2D eigenvalue weighted by Gasteiger charge is -2.13. The molecule has 22 rings (SSSR count). The van der Waals surface area contributed by atoms with Gasteiger partial charge >= 0.3 is 0 Å². The fraction of sp³-hybridized carbons (Fsp3) is 0. The Morgan fingerprint density at radius 2 is 0.529 bits per heavy atom. The number of hydrogen-bond acceptors (Lipinski definition) is 2. The maximum atomic E-state index is 7.06. The molecule has 6 aromatic heterocycles. The lowest BCUT2D eigenvalue weighted by Crippen LogP contribution is -1.96. The topological polar surface area (TPSA) is 46.0 Å². The Labute approximate surface area is 584 Å². The summed E-state index contributed by atoms with van der Waals surface area (Å²) in [5.41, 5.74) is 28.5. The van der Waals surface area contributed by atoms with Crippen molar-refractivity contribution in [1.82, 2.24) is 18.3 Å². The van der Waals surface area contributed by atoms with Gasteiger partial charge in [-0.15, -0.1) is 0 Å². The molecule has 6 heteroatoms. The van der Waals surface area contributed by atoms with Crippen molar-refractivity contribution in [3.63, 3.8) is 0 Å². The Bertz CT molecular complexity index is 7230. The van der Waals surface area contributed by atoms with Crippen LogP contribution < -0.4 is 0 Å². The first-order valence-electron chi connectivity index (χ1n) is 34.9. The number of benzene rings is 16. The summed E-state index contributed by atoms with van der Waals surface area (Å²) in [6.07, 6.45) is 0. The summed E-state index contributed by atoms with van der Waals surface area (Å²) in [6, 6.07) is 128. The van der Waals surface area contributed by atoms with Crippen LogP contribution in [0, 0.1) is 0 Å². The Kier molecular flexibility index (Phi) is 12.1. The van der Waals surface area contributed by atoms with Gasteiger partial charge < -0.3 is 27.1 Å².